The predicted molar refractivity (Wildman–Crippen MR) is 74.0 cm³/mol. The van der Waals surface area contributed by atoms with Crippen molar-refractivity contribution in [3.63, 3.8) is 0 Å². The summed E-state index contributed by atoms with van der Waals surface area (Å²) in [4.78, 5) is 11.7. The van der Waals surface area contributed by atoms with Crippen molar-refractivity contribution in [3.8, 4) is 0 Å². The summed E-state index contributed by atoms with van der Waals surface area (Å²) in [6, 6.07) is 8.36. The zero-order valence-corrected chi connectivity index (χ0v) is 12.1. The fourth-order valence-corrected chi connectivity index (χ4v) is 2.30. The van der Waals surface area contributed by atoms with Crippen LogP contribution in [-0.2, 0) is 19.9 Å². The monoisotopic (exact) mass is 262 g/mol. The summed E-state index contributed by atoms with van der Waals surface area (Å²) >= 11 is 0. The molecule has 1 fully saturated rings. The SMILES string of the molecule is CCOC(=O)C1OC1(C)c1ccc(C(C)CC)cc1. The number of carbonyl (C=O) groups excluding carboxylic acids is 1. The number of hydrogen-bond donors (Lipinski definition) is 0. The molecule has 0 radical (unpaired) electrons. The van der Waals surface area contributed by atoms with Crippen molar-refractivity contribution in [2.24, 2.45) is 0 Å². The summed E-state index contributed by atoms with van der Waals surface area (Å²) in [7, 11) is 0. The largest absolute Gasteiger partial charge is 0.464 e. The Morgan fingerprint density at radius 1 is 1.37 bits per heavy atom. The average Bonchev–Trinajstić information content (AvgIpc) is 3.12. The quantitative estimate of drug-likeness (QED) is 0.603. The van der Waals surface area contributed by atoms with Crippen LogP contribution in [0.25, 0.3) is 0 Å². The molecule has 104 valence electrons. The van der Waals surface area contributed by atoms with E-state index in [2.05, 4.69) is 38.1 Å². The van der Waals surface area contributed by atoms with Crippen LogP contribution in [0.5, 0.6) is 0 Å². The first-order valence-corrected chi connectivity index (χ1v) is 6.97. The van der Waals surface area contributed by atoms with Crippen molar-refractivity contribution in [2.45, 2.75) is 51.7 Å². The molecule has 0 N–H and O–H groups in total. The van der Waals surface area contributed by atoms with Crippen molar-refractivity contribution in [1.29, 1.82) is 0 Å². The number of epoxide rings is 1. The number of benzene rings is 1. The van der Waals surface area contributed by atoms with Crippen LogP contribution in [0.3, 0.4) is 0 Å². The molecule has 1 aromatic carbocycles. The number of ether oxygens (including phenoxy) is 2. The fourth-order valence-electron chi connectivity index (χ4n) is 2.30. The van der Waals surface area contributed by atoms with Gasteiger partial charge in [0.2, 0.25) is 0 Å². The van der Waals surface area contributed by atoms with Gasteiger partial charge in [-0.2, -0.15) is 0 Å². The molecule has 0 bridgehead atoms. The summed E-state index contributed by atoms with van der Waals surface area (Å²) in [5, 5.41) is 0. The van der Waals surface area contributed by atoms with Crippen LogP contribution in [0.1, 0.15) is 51.2 Å². The van der Waals surface area contributed by atoms with E-state index in [1.54, 1.807) is 6.92 Å². The first-order chi connectivity index (χ1) is 9.02. The molecule has 3 unspecified atom stereocenters. The topological polar surface area (TPSA) is 38.8 Å². The van der Waals surface area contributed by atoms with E-state index in [1.165, 1.54) is 5.56 Å². The number of esters is 1. The Kier molecular flexibility index (Phi) is 3.95. The number of rotatable bonds is 5. The lowest BCUT2D eigenvalue weighted by molar-refractivity contribution is -0.144. The highest BCUT2D eigenvalue weighted by Gasteiger charge is 2.59. The second kappa shape index (κ2) is 5.33. The van der Waals surface area contributed by atoms with Gasteiger partial charge in [0.1, 0.15) is 5.60 Å². The smallest absolute Gasteiger partial charge is 0.338 e. The standard InChI is InChI=1S/C16H22O3/c1-5-11(3)12-7-9-13(10-8-12)16(4)14(19-16)15(17)18-6-2/h7-11,14H,5-6H2,1-4H3. The highest BCUT2D eigenvalue weighted by Crippen LogP contribution is 2.46. The average molecular weight is 262 g/mol. The van der Waals surface area contributed by atoms with Crippen LogP contribution in [0.2, 0.25) is 0 Å². The molecule has 1 aromatic rings. The van der Waals surface area contributed by atoms with Gasteiger partial charge in [-0.15, -0.1) is 0 Å². The molecule has 0 amide bonds. The van der Waals surface area contributed by atoms with E-state index in [9.17, 15) is 4.79 Å². The van der Waals surface area contributed by atoms with Gasteiger partial charge in [-0.3, -0.25) is 0 Å². The normalized spacial score (nSPS) is 26.8. The Balaban J connectivity index is 2.09. The molecule has 0 spiro atoms. The van der Waals surface area contributed by atoms with E-state index < -0.39 is 11.7 Å². The van der Waals surface area contributed by atoms with Gasteiger partial charge in [-0.1, -0.05) is 38.1 Å². The van der Waals surface area contributed by atoms with E-state index in [4.69, 9.17) is 9.47 Å². The van der Waals surface area contributed by atoms with Crippen LogP contribution < -0.4 is 0 Å². The molecule has 1 aliphatic heterocycles. The maximum absolute atomic E-state index is 11.7. The van der Waals surface area contributed by atoms with E-state index in [0.29, 0.717) is 12.5 Å². The third kappa shape index (κ3) is 2.66. The fraction of sp³-hybridized carbons (Fsp3) is 0.562. The first kappa shape index (κ1) is 14.1. The molecule has 0 aliphatic carbocycles. The van der Waals surface area contributed by atoms with Gasteiger partial charge in [-0.05, 0) is 37.3 Å². The molecule has 3 nitrogen and oxygen atoms in total. The molecule has 2 rings (SSSR count). The van der Waals surface area contributed by atoms with Gasteiger partial charge >= 0.3 is 5.97 Å². The minimum absolute atomic E-state index is 0.268. The number of carbonyl (C=O) groups is 1. The van der Waals surface area contributed by atoms with Crippen molar-refractivity contribution < 1.29 is 14.3 Å². The molecule has 0 aromatic heterocycles. The zero-order valence-electron chi connectivity index (χ0n) is 12.1. The van der Waals surface area contributed by atoms with E-state index in [-0.39, 0.29) is 5.97 Å². The lowest BCUT2D eigenvalue weighted by Crippen LogP contribution is -2.18. The molecule has 3 atom stereocenters. The molecular formula is C16H22O3. The van der Waals surface area contributed by atoms with Crippen molar-refractivity contribution in [2.75, 3.05) is 6.61 Å². The van der Waals surface area contributed by atoms with Crippen LogP contribution in [0.15, 0.2) is 24.3 Å². The predicted octanol–water partition coefficient (Wildman–Crippen LogP) is 3.38. The van der Waals surface area contributed by atoms with E-state index in [1.807, 2.05) is 6.92 Å². The second-order valence-electron chi connectivity index (χ2n) is 5.29. The minimum Gasteiger partial charge on any atom is -0.464 e. The Morgan fingerprint density at radius 2 is 2.00 bits per heavy atom. The molecule has 1 heterocycles. The van der Waals surface area contributed by atoms with Crippen LogP contribution in [-0.4, -0.2) is 18.7 Å². The van der Waals surface area contributed by atoms with Gasteiger partial charge in [0.05, 0.1) is 6.61 Å². The molecule has 1 aliphatic rings. The summed E-state index contributed by atoms with van der Waals surface area (Å²) in [5.41, 5.74) is 1.85. The summed E-state index contributed by atoms with van der Waals surface area (Å²) < 4.78 is 10.6. The molecule has 1 saturated heterocycles. The van der Waals surface area contributed by atoms with Gasteiger partial charge in [0.15, 0.2) is 6.10 Å². The highest BCUT2D eigenvalue weighted by molar-refractivity contribution is 5.79. The van der Waals surface area contributed by atoms with Crippen molar-refractivity contribution in [1.82, 2.24) is 0 Å². The van der Waals surface area contributed by atoms with Gasteiger partial charge < -0.3 is 9.47 Å². The van der Waals surface area contributed by atoms with Crippen LogP contribution in [0.4, 0.5) is 0 Å². The number of hydrogen-bond acceptors (Lipinski definition) is 3. The van der Waals surface area contributed by atoms with Gasteiger partial charge in [0, 0.05) is 0 Å². The van der Waals surface area contributed by atoms with Gasteiger partial charge in [0.25, 0.3) is 0 Å². The van der Waals surface area contributed by atoms with Crippen molar-refractivity contribution >= 4 is 5.97 Å². The first-order valence-electron chi connectivity index (χ1n) is 6.97. The molecular weight excluding hydrogens is 240 g/mol. The zero-order chi connectivity index (χ0) is 14.0. The maximum Gasteiger partial charge on any atom is 0.338 e. The molecule has 19 heavy (non-hydrogen) atoms. The van der Waals surface area contributed by atoms with Crippen molar-refractivity contribution in [3.05, 3.63) is 35.4 Å². The van der Waals surface area contributed by atoms with E-state index >= 15 is 0 Å². The highest BCUT2D eigenvalue weighted by atomic mass is 16.7. The Labute approximate surface area is 114 Å². The summed E-state index contributed by atoms with van der Waals surface area (Å²) in [5.74, 6) is 0.291. The summed E-state index contributed by atoms with van der Waals surface area (Å²) in [6.45, 7) is 8.53. The maximum atomic E-state index is 11.7. The second-order valence-corrected chi connectivity index (χ2v) is 5.29. The Morgan fingerprint density at radius 3 is 2.53 bits per heavy atom. The summed E-state index contributed by atoms with van der Waals surface area (Å²) in [6.07, 6.45) is 0.667. The third-order valence-electron chi connectivity index (χ3n) is 3.97. The van der Waals surface area contributed by atoms with Crippen LogP contribution in [0, 0.1) is 0 Å². The molecule has 3 heteroatoms. The Bertz CT molecular complexity index is 452. The molecule has 0 saturated carbocycles. The lowest BCUT2D eigenvalue weighted by atomic mass is 9.92. The minimum atomic E-state index is -0.514. The Hall–Kier alpha value is -1.35. The lowest BCUT2D eigenvalue weighted by Gasteiger charge is -2.11. The van der Waals surface area contributed by atoms with Crippen LogP contribution >= 0.6 is 0 Å². The van der Waals surface area contributed by atoms with Gasteiger partial charge in [-0.25, -0.2) is 4.79 Å². The van der Waals surface area contributed by atoms with E-state index in [0.717, 1.165) is 12.0 Å². The third-order valence-corrected chi connectivity index (χ3v) is 3.97.